The Balaban J connectivity index is 2.31. The monoisotopic (exact) mass is 243 g/mol. The van der Waals surface area contributed by atoms with Gasteiger partial charge >= 0.3 is 0 Å². The number of nitrogens with zero attached hydrogens (tertiary/aromatic N) is 1. The Kier molecular flexibility index (Phi) is 2.37. The van der Waals surface area contributed by atoms with E-state index < -0.39 is 0 Å². The van der Waals surface area contributed by atoms with E-state index in [9.17, 15) is 0 Å². The maximum Gasteiger partial charge on any atom is 0.193 e. The summed E-state index contributed by atoms with van der Waals surface area (Å²) in [7, 11) is 0. The minimum Gasteiger partial charge on any atom is -0.350 e. The maximum absolute atomic E-state index is 6.02. The molecule has 1 aromatic carbocycles. The standard InChI is InChI=1S/C14H11ClN2/c1-2-6-17-7-5-11-12-8-10(15)3-4-13(12)16-14(11)9-17/h2-5,7-9H,1,6H2/p+1. The van der Waals surface area contributed by atoms with E-state index in [4.69, 9.17) is 11.6 Å². The van der Waals surface area contributed by atoms with Crippen LogP contribution in [0.1, 0.15) is 0 Å². The van der Waals surface area contributed by atoms with Crippen LogP contribution in [0.5, 0.6) is 0 Å². The van der Waals surface area contributed by atoms with E-state index in [0.717, 1.165) is 22.6 Å². The SMILES string of the molecule is C=CC[n+]1ccc2c(c1)[nH]c1ccc(Cl)cc12. The molecule has 0 aliphatic carbocycles. The number of allylic oxidation sites excluding steroid dienone is 1. The highest BCUT2D eigenvalue weighted by molar-refractivity contribution is 6.31. The van der Waals surface area contributed by atoms with Crippen molar-refractivity contribution >= 4 is 33.4 Å². The third-order valence-electron chi connectivity index (χ3n) is 2.90. The summed E-state index contributed by atoms with van der Waals surface area (Å²) in [5, 5.41) is 3.13. The van der Waals surface area contributed by atoms with Crippen molar-refractivity contribution in [2.24, 2.45) is 0 Å². The lowest BCUT2D eigenvalue weighted by atomic mass is 10.2. The number of pyridine rings is 1. The summed E-state index contributed by atoms with van der Waals surface area (Å²) in [5.41, 5.74) is 2.23. The van der Waals surface area contributed by atoms with Gasteiger partial charge in [0.1, 0.15) is 5.52 Å². The zero-order valence-corrected chi connectivity index (χ0v) is 10.0. The molecule has 0 amide bonds. The molecule has 17 heavy (non-hydrogen) atoms. The van der Waals surface area contributed by atoms with Gasteiger partial charge in [-0.15, -0.1) is 0 Å². The molecule has 2 aromatic heterocycles. The highest BCUT2D eigenvalue weighted by Gasteiger charge is 2.08. The van der Waals surface area contributed by atoms with Crippen LogP contribution in [0.2, 0.25) is 5.02 Å². The fraction of sp³-hybridized carbons (Fsp3) is 0.0714. The van der Waals surface area contributed by atoms with Gasteiger partial charge in [-0.05, 0) is 24.3 Å². The van der Waals surface area contributed by atoms with E-state index in [1.54, 1.807) is 0 Å². The molecule has 84 valence electrons. The van der Waals surface area contributed by atoms with Gasteiger partial charge in [-0.2, -0.15) is 4.57 Å². The number of hydrogen-bond acceptors (Lipinski definition) is 0. The Labute approximate surface area is 104 Å². The van der Waals surface area contributed by atoms with E-state index in [1.807, 2.05) is 24.3 Å². The van der Waals surface area contributed by atoms with Crippen LogP contribution in [0.4, 0.5) is 0 Å². The molecule has 0 unspecified atom stereocenters. The average Bonchev–Trinajstić information content (AvgIpc) is 2.66. The van der Waals surface area contributed by atoms with Crippen molar-refractivity contribution in [1.29, 1.82) is 0 Å². The summed E-state index contributed by atoms with van der Waals surface area (Å²) in [6, 6.07) is 8.01. The molecule has 0 spiro atoms. The summed E-state index contributed by atoms with van der Waals surface area (Å²) in [4.78, 5) is 3.39. The number of H-pyrrole nitrogens is 1. The number of aromatic amines is 1. The van der Waals surface area contributed by atoms with Crippen molar-refractivity contribution in [1.82, 2.24) is 4.98 Å². The third kappa shape index (κ3) is 1.71. The Morgan fingerprint density at radius 3 is 2.94 bits per heavy atom. The largest absolute Gasteiger partial charge is 0.350 e. The first kappa shape index (κ1) is 10.4. The van der Waals surface area contributed by atoms with Gasteiger partial charge in [0.2, 0.25) is 0 Å². The third-order valence-corrected chi connectivity index (χ3v) is 3.13. The Hall–Kier alpha value is -1.80. The number of fused-ring (bicyclic) bond motifs is 3. The van der Waals surface area contributed by atoms with E-state index in [1.165, 1.54) is 10.8 Å². The molecule has 1 N–H and O–H groups in total. The first-order chi connectivity index (χ1) is 8.28. The van der Waals surface area contributed by atoms with Crippen LogP contribution in [0.3, 0.4) is 0 Å². The van der Waals surface area contributed by atoms with Gasteiger partial charge in [0.25, 0.3) is 0 Å². The zero-order valence-electron chi connectivity index (χ0n) is 9.28. The molecule has 0 radical (unpaired) electrons. The van der Waals surface area contributed by atoms with Gasteiger partial charge in [0.05, 0.1) is 0 Å². The molecule has 3 aromatic rings. The Morgan fingerprint density at radius 1 is 1.24 bits per heavy atom. The van der Waals surface area contributed by atoms with E-state index in [2.05, 4.69) is 34.6 Å². The van der Waals surface area contributed by atoms with Crippen LogP contribution in [0.15, 0.2) is 49.3 Å². The van der Waals surface area contributed by atoms with Crippen molar-refractivity contribution in [3.63, 3.8) is 0 Å². The van der Waals surface area contributed by atoms with Gasteiger partial charge in [0.15, 0.2) is 18.9 Å². The van der Waals surface area contributed by atoms with Crippen LogP contribution in [-0.4, -0.2) is 4.98 Å². The normalized spacial score (nSPS) is 11.1. The van der Waals surface area contributed by atoms with Gasteiger partial charge in [0, 0.05) is 27.4 Å². The molecule has 3 rings (SSSR count). The minimum absolute atomic E-state index is 0.765. The molecular weight excluding hydrogens is 232 g/mol. The summed E-state index contributed by atoms with van der Waals surface area (Å²) < 4.78 is 2.09. The lowest BCUT2D eigenvalue weighted by Crippen LogP contribution is -2.31. The van der Waals surface area contributed by atoms with E-state index in [0.29, 0.717) is 0 Å². The quantitative estimate of drug-likeness (QED) is 0.526. The van der Waals surface area contributed by atoms with Crippen molar-refractivity contribution < 1.29 is 4.57 Å². The summed E-state index contributed by atoms with van der Waals surface area (Å²) in [5.74, 6) is 0. The van der Waals surface area contributed by atoms with Gasteiger partial charge in [-0.25, -0.2) is 0 Å². The first-order valence-corrected chi connectivity index (χ1v) is 5.86. The topological polar surface area (TPSA) is 19.7 Å². The lowest BCUT2D eigenvalue weighted by molar-refractivity contribution is -0.685. The van der Waals surface area contributed by atoms with E-state index in [-0.39, 0.29) is 0 Å². The Bertz CT molecular complexity index is 713. The summed E-state index contributed by atoms with van der Waals surface area (Å²) in [6.07, 6.45) is 6.02. The molecule has 0 atom stereocenters. The molecule has 0 fully saturated rings. The molecule has 0 bridgehead atoms. The molecular formula is C14H12ClN2+. The Morgan fingerprint density at radius 2 is 2.12 bits per heavy atom. The molecule has 0 aliphatic heterocycles. The minimum atomic E-state index is 0.765. The van der Waals surface area contributed by atoms with Crippen LogP contribution in [-0.2, 0) is 6.54 Å². The number of rotatable bonds is 2. The van der Waals surface area contributed by atoms with Crippen molar-refractivity contribution in [2.45, 2.75) is 6.54 Å². The van der Waals surface area contributed by atoms with Crippen LogP contribution >= 0.6 is 11.6 Å². The second-order valence-corrected chi connectivity index (χ2v) is 4.51. The molecule has 3 heteroatoms. The lowest BCUT2D eigenvalue weighted by Gasteiger charge is -1.92. The fourth-order valence-corrected chi connectivity index (χ4v) is 2.30. The number of nitrogens with one attached hydrogen (secondary N) is 1. The summed E-state index contributed by atoms with van der Waals surface area (Å²) in [6.45, 7) is 4.55. The number of halogens is 1. The van der Waals surface area contributed by atoms with Crippen molar-refractivity contribution in [3.05, 3.63) is 54.3 Å². The second-order valence-electron chi connectivity index (χ2n) is 4.07. The van der Waals surface area contributed by atoms with Crippen LogP contribution in [0, 0.1) is 0 Å². The molecule has 0 saturated carbocycles. The number of aromatic nitrogens is 2. The highest BCUT2D eigenvalue weighted by Crippen LogP contribution is 2.26. The van der Waals surface area contributed by atoms with Crippen LogP contribution in [0.25, 0.3) is 21.8 Å². The van der Waals surface area contributed by atoms with E-state index >= 15 is 0 Å². The molecule has 2 nitrogen and oxygen atoms in total. The number of benzene rings is 1. The highest BCUT2D eigenvalue weighted by atomic mass is 35.5. The zero-order chi connectivity index (χ0) is 11.8. The second kappa shape index (κ2) is 3.90. The summed E-state index contributed by atoms with van der Waals surface area (Å²) >= 11 is 6.02. The molecule has 0 saturated heterocycles. The average molecular weight is 244 g/mol. The van der Waals surface area contributed by atoms with Crippen molar-refractivity contribution in [2.75, 3.05) is 0 Å². The predicted molar refractivity (Wildman–Crippen MR) is 71.2 cm³/mol. The van der Waals surface area contributed by atoms with Gasteiger partial charge in [-0.3, -0.25) is 0 Å². The van der Waals surface area contributed by atoms with Gasteiger partial charge in [-0.1, -0.05) is 18.2 Å². The first-order valence-electron chi connectivity index (χ1n) is 5.49. The van der Waals surface area contributed by atoms with Crippen molar-refractivity contribution in [3.8, 4) is 0 Å². The fourth-order valence-electron chi connectivity index (χ4n) is 2.13. The van der Waals surface area contributed by atoms with Gasteiger partial charge < -0.3 is 4.98 Å². The van der Waals surface area contributed by atoms with Crippen LogP contribution < -0.4 is 4.57 Å². The predicted octanol–water partition coefficient (Wildman–Crippen LogP) is 3.45. The molecule has 2 heterocycles. The maximum atomic E-state index is 6.02. The smallest absolute Gasteiger partial charge is 0.193 e. The molecule has 0 aliphatic rings. The number of hydrogen-bond donors (Lipinski definition) is 1.